The Balaban J connectivity index is 2.31. The summed E-state index contributed by atoms with van der Waals surface area (Å²) in [4.78, 5) is 14.5. The van der Waals surface area contributed by atoms with Crippen molar-refractivity contribution < 1.29 is 9.90 Å². The van der Waals surface area contributed by atoms with Gasteiger partial charge in [0, 0.05) is 35.3 Å². The van der Waals surface area contributed by atoms with E-state index in [1.165, 1.54) is 4.68 Å². The van der Waals surface area contributed by atoms with Gasteiger partial charge in [0.2, 0.25) is 0 Å². The van der Waals surface area contributed by atoms with Gasteiger partial charge in [-0.1, -0.05) is 11.6 Å². The average Bonchev–Trinajstić information content (AvgIpc) is 2.91. The second-order valence-corrected chi connectivity index (χ2v) is 4.59. The smallest absolute Gasteiger partial charge is 0.354 e. The Bertz CT molecular complexity index is 783. The van der Waals surface area contributed by atoms with Gasteiger partial charge in [0.25, 0.3) is 0 Å². The number of fused-ring (bicyclic) bond motifs is 1. The monoisotopic (exact) mass is 255 g/mol. The fraction of sp³-hybridized carbons (Fsp3) is 0.143. The molecule has 0 unspecified atom stereocenters. The summed E-state index contributed by atoms with van der Waals surface area (Å²) in [6, 6.07) is 6.05. The molecule has 0 spiro atoms. The van der Waals surface area contributed by atoms with Crippen LogP contribution in [0.2, 0.25) is 0 Å². The predicted octanol–water partition coefficient (Wildman–Crippen LogP) is 2.58. The Hall–Kier alpha value is -2.56. The van der Waals surface area contributed by atoms with Crippen LogP contribution in [0.3, 0.4) is 0 Å². The van der Waals surface area contributed by atoms with E-state index in [1.54, 1.807) is 13.2 Å². The molecule has 5 heteroatoms. The Morgan fingerprint density at radius 3 is 2.89 bits per heavy atom. The van der Waals surface area contributed by atoms with E-state index in [4.69, 9.17) is 0 Å². The first-order valence-corrected chi connectivity index (χ1v) is 5.91. The van der Waals surface area contributed by atoms with Crippen molar-refractivity contribution in [2.24, 2.45) is 7.05 Å². The molecule has 2 heterocycles. The third kappa shape index (κ3) is 1.71. The molecular weight excluding hydrogens is 242 g/mol. The molecular formula is C14H13N3O2. The summed E-state index contributed by atoms with van der Waals surface area (Å²) in [5, 5.41) is 14.3. The zero-order valence-corrected chi connectivity index (χ0v) is 10.6. The molecule has 0 aliphatic carbocycles. The number of carboxylic acids is 1. The molecule has 0 atom stereocenters. The van der Waals surface area contributed by atoms with E-state index in [1.807, 2.05) is 31.3 Å². The summed E-state index contributed by atoms with van der Waals surface area (Å²) >= 11 is 0. The second-order valence-electron chi connectivity index (χ2n) is 4.59. The first-order chi connectivity index (χ1) is 9.08. The van der Waals surface area contributed by atoms with Gasteiger partial charge < -0.3 is 10.1 Å². The number of aryl methyl sites for hydroxylation is 2. The van der Waals surface area contributed by atoms with Gasteiger partial charge in [-0.3, -0.25) is 4.68 Å². The maximum absolute atomic E-state index is 11.3. The topological polar surface area (TPSA) is 70.9 Å². The standard InChI is InChI=1S/C14H13N3O2/c1-8-3-4-12-9(5-8)10(6-15-12)11-7-16-17(2)13(11)14(18)19/h3-7,15H,1-2H3,(H,18,19). The molecule has 19 heavy (non-hydrogen) atoms. The lowest BCUT2D eigenvalue weighted by atomic mass is 10.0. The Morgan fingerprint density at radius 2 is 2.16 bits per heavy atom. The molecule has 0 radical (unpaired) electrons. The van der Waals surface area contributed by atoms with Crippen LogP contribution in [0.5, 0.6) is 0 Å². The van der Waals surface area contributed by atoms with Crippen LogP contribution >= 0.6 is 0 Å². The molecule has 3 aromatic rings. The molecule has 2 aromatic heterocycles. The summed E-state index contributed by atoms with van der Waals surface area (Å²) in [6.45, 7) is 2.01. The van der Waals surface area contributed by atoms with Gasteiger partial charge in [0.05, 0.1) is 6.20 Å². The fourth-order valence-electron chi connectivity index (χ4n) is 2.35. The number of aromatic amines is 1. The van der Waals surface area contributed by atoms with Gasteiger partial charge in [0.15, 0.2) is 5.69 Å². The van der Waals surface area contributed by atoms with Gasteiger partial charge in [0.1, 0.15) is 0 Å². The molecule has 3 rings (SSSR count). The highest BCUT2D eigenvalue weighted by Crippen LogP contribution is 2.31. The van der Waals surface area contributed by atoms with Gasteiger partial charge in [-0.2, -0.15) is 5.10 Å². The largest absolute Gasteiger partial charge is 0.477 e. The number of carboxylic acid groups (broad SMARTS) is 1. The maximum Gasteiger partial charge on any atom is 0.354 e. The van der Waals surface area contributed by atoms with Crippen molar-refractivity contribution in [3.63, 3.8) is 0 Å². The third-order valence-electron chi connectivity index (χ3n) is 3.27. The van der Waals surface area contributed by atoms with Crippen molar-refractivity contribution >= 4 is 16.9 Å². The van der Waals surface area contributed by atoms with Crippen molar-refractivity contribution in [1.82, 2.24) is 14.8 Å². The van der Waals surface area contributed by atoms with Gasteiger partial charge >= 0.3 is 5.97 Å². The fourth-order valence-corrected chi connectivity index (χ4v) is 2.35. The molecule has 0 aliphatic heterocycles. The van der Waals surface area contributed by atoms with Crippen molar-refractivity contribution in [3.05, 3.63) is 41.9 Å². The van der Waals surface area contributed by atoms with E-state index >= 15 is 0 Å². The first kappa shape index (κ1) is 11.5. The van der Waals surface area contributed by atoms with Crippen molar-refractivity contribution in [2.45, 2.75) is 6.92 Å². The average molecular weight is 255 g/mol. The minimum absolute atomic E-state index is 0.197. The van der Waals surface area contributed by atoms with Crippen molar-refractivity contribution in [1.29, 1.82) is 0 Å². The van der Waals surface area contributed by atoms with E-state index in [0.29, 0.717) is 5.56 Å². The number of hydrogen-bond donors (Lipinski definition) is 2. The minimum atomic E-state index is -0.975. The maximum atomic E-state index is 11.3. The van der Waals surface area contributed by atoms with Crippen LogP contribution in [-0.4, -0.2) is 25.8 Å². The number of aromatic carboxylic acids is 1. The first-order valence-electron chi connectivity index (χ1n) is 5.91. The summed E-state index contributed by atoms with van der Waals surface area (Å²) in [5.41, 5.74) is 3.81. The molecule has 0 bridgehead atoms. The van der Waals surface area contributed by atoms with Crippen LogP contribution in [-0.2, 0) is 7.05 Å². The van der Waals surface area contributed by atoms with Crippen LogP contribution in [0.4, 0.5) is 0 Å². The number of nitrogens with one attached hydrogen (secondary N) is 1. The molecule has 0 saturated carbocycles. The predicted molar refractivity (Wildman–Crippen MR) is 72.2 cm³/mol. The molecule has 5 nitrogen and oxygen atoms in total. The summed E-state index contributed by atoms with van der Waals surface area (Å²) in [7, 11) is 1.63. The lowest BCUT2D eigenvalue weighted by molar-refractivity contribution is 0.0686. The highest BCUT2D eigenvalue weighted by Gasteiger charge is 2.19. The molecule has 0 saturated heterocycles. The highest BCUT2D eigenvalue weighted by atomic mass is 16.4. The van der Waals surface area contributed by atoms with Crippen LogP contribution in [0, 0.1) is 6.92 Å². The van der Waals surface area contributed by atoms with Crippen molar-refractivity contribution in [3.8, 4) is 11.1 Å². The van der Waals surface area contributed by atoms with Crippen LogP contribution < -0.4 is 0 Å². The molecule has 0 aliphatic rings. The van der Waals surface area contributed by atoms with Crippen molar-refractivity contribution in [2.75, 3.05) is 0 Å². The van der Waals surface area contributed by atoms with E-state index in [2.05, 4.69) is 10.1 Å². The molecule has 0 fully saturated rings. The number of H-pyrrole nitrogens is 1. The van der Waals surface area contributed by atoms with Gasteiger partial charge in [-0.05, 0) is 19.1 Å². The number of benzene rings is 1. The number of carbonyl (C=O) groups is 1. The van der Waals surface area contributed by atoms with E-state index in [-0.39, 0.29) is 5.69 Å². The summed E-state index contributed by atoms with van der Waals surface area (Å²) in [5.74, 6) is -0.975. The zero-order chi connectivity index (χ0) is 13.6. The second kappa shape index (κ2) is 3.98. The lowest BCUT2D eigenvalue weighted by Gasteiger charge is -2.01. The molecule has 96 valence electrons. The number of rotatable bonds is 2. The van der Waals surface area contributed by atoms with E-state index < -0.39 is 5.97 Å². The highest BCUT2D eigenvalue weighted by molar-refractivity contribution is 6.02. The number of nitrogens with zero attached hydrogens (tertiary/aromatic N) is 2. The number of hydrogen-bond acceptors (Lipinski definition) is 2. The van der Waals surface area contributed by atoms with E-state index in [0.717, 1.165) is 22.0 Å². The van der Waals surface area contributed by atoms with Gasteiger partial charge in [-0.15, -0.1) is 0 Å². The summed E-state index contributed by atoms with van der Waals surface area (Å²) in [6.07, 6.45) is 3.42. The van der Waals surface area contributed by atoms with E-state index in [9.17, 15) is 9.90 Å². The quantitative estimate of drug-likeness (QED) is 0.739. The lowest BCUT2D eigenvalue weighted by Crippen LogP contribution is -2.06. The SMILES string of the molecule is Cc1ccc2[nH]cc(-c3cnn(C)c3C(=O)O)c2c1. The summed E-state index contributed by atoms with van der Waals surface area (Å²) < 4.78 is 1.38. The van der Waals surface area contributed by atoms with Crippen LogP contribution in [0.25, 0.3) is 22.0 Å². The molecule has 0 amide bonds. The Morgan fingerprint density at radius 1 is 1.37 bits per heavy atom. The Labute approximate surface area is 109 Å². The molecule has 1 aromatic carbocycles. The zero-order valence-electron chi connectivity index (χ0n) is 10.6. The normalized spacial score (nSPS) is 11.1. The van der Waals surface area contributed by atoms with Gasteiger partial charge in [-0.25, -0.2) is 4.79 Å². The van der Waals surface area contributed by atoms with Crippen LogP contribution in [0.1, 0.15) is 16.1 Å². The van der Waals surface area contributed by atoms with Crippen LogP contribution in [0.15, 0.2) is 30.6 Å². The number of aromatic nitrogens is 3. The Kier molecular flexibility index (Phi) is 2.41. The molecule has 2 N–H and O–H groups in total. The minimum Gasteiger partial charge on any atom is -0.477 e. The third-order valence-corrected chi connectivity index (χ3v) is 3.27.